The van der Waals surface area contributed by atoms with Crippen LogP contribution in [0.3, 0.4) is 0 Å². The number of fused-ring (bicyclic) bond motifs is 1. The van der Waals surface area contributed by atoms with Crippen LogP contribution in [0.1, 0.15) is 39.7 Å². The molecule has 1 fully saturated rings. The fourth-order valence-corrected chi connectivity index (χ4v) is 3.37. The van der Waals surface area contributed by atoms with Crippen LogP contribution >= 0.6 is 0 Å². The van der Waals surface area contributed by atoms with Gasteiger partial charge in [-0.2, -0.15) is 0 Å². The van der Waals surface area contributed by atoms with Gasteiger partial charge in [0.15, 0.2) is 5.65 Å². The van der Waals surface area contributed by atoms with Crippen molar-refractivity contribution in [2.24, 2.45) is 0 Å². The Morgan fingerprint density at radius 2 is 1.96 bits per heavy atom. The molecule has 0 saturated carbocycles. The maximum Gasteiger partial charge on any atom is 0.410 e. The number of likely N-dealkylation sites (tertiary alicyclic amines) is 1. The average Bonchev–Trinajstić information content (AvgIpc) is 2.85. The number of carbonyl (C=O) groups excluding carboxylic acids is 1. The van der Waals surface area contributed by atoms with Crippen molar-refractivity contribution in [1.82, 2.24) is 19.0 Å². The zero-order valence-corrected chi connectivity index (χ0v) is 15.7. The molecule has 9 heteroatoms. The second kappa shape index (κ2) is 7.05. The Labute approximate surface area is 156 Å². The molecule has 3 rings (SSSR count). The van der Waals surface area contributed by atoms with Gasteiger partial charge in [0, 0.05) is 25.3 Å². The number of hydrogen-bond acceptors (Lipinski definition) is 5. The molecule has 0 aromatic carbocycles. The Kier molecular flexibility index (Phi) is 4.95. The number of imidazole rings is 1. The van der Waals surface area contributed by atoms with E-state index in [2.05, 4.69) is 4.98 Å². The molecule has 1 saturated heterocycles. The third-order valence-corrected chi connectivity index (χ3v) is 4.49. The van der Waals surface area contributed by atoms with Crippen LogP contribution in [0.25, 0.3) is 11.2 Å². The number of pyridine rings is 1. The standard InChI is InChI=1S/C18H24N4O5/c1-18(2,3)27-17(26)20-9-6-12(7-10-20)22-13-5-4-8-19-15(13)21(16(22)25)11-14(23)24/h4-5,8,12H,6-7,9-11H2,1-3H3,(H,23,24). The van der Waals surface area contributed by atoms with Crippen molar-refractivity contribution in [3.63, 3.8) is 0 Å². The SMILES string of the molecule is CC(C)(C)OC(=O)N1CCC(n2c(=O)n(CC(=O)O)c3ncccc32)CC1. The van der Waals surface area contributed by atoms with Crippen molar-refractivity contribution in [3.8, 4) is 0 Å². The highest BCUT2D eigenvalue weighted by Crippen LogP contribution is 2.26. The smallest absolute Gasteiger partial charge is 0.410 e. The molecule has 1 N–H and O–H groups in total. The summed E-state index contributed by atoms with van der Waals surface area (Å²) in [5, 5.41) is 9.10. The number of hydrogen-bond donors (Lipinski definition) is 1. The monoisotopic (exact) mass is 376 g/mol. The second-order valence-electron chi connectivity index (χ2n) is 7.68. The van der Waals surface area contributed by atoms with Gasteiger partial charge in [-0.05, 0) is 45.7 Å². The zero-order chi connectivity index (χ0) is 19.8. The minimum absolute atomic E-state index is 0.127. The number of rotatable bonds is 3. The van der Waals surface area contributed by atoms with E-state index in [0.717, 1.165) is 0 Å². The summed E-state index contributed by atoms with van der Waals surface area (Å²) in [5.41, 5.74) is 0.0293. The van der Waals surface area contributed by atoms with Gasteiger partial charge in [0.2, 0.25) is 0 Å². The molecule has 0 spiro atoms. The lowest BCUT2D eigenvalue weighted by atomic mass is 10.1. The van der Waals surface area contributed by atoms with Crippen molar-refractivity contribution >= 4 is 23.2 Å². The summed E-state index contributed by atoms with van der Waals surface area (Å²) in [7, 11) is 0. The fraction of sp³-hybridized carbons (Fsp3) is 0.556. The maximum absolute atomic E-state index is 12.8. The summed E-state index contributed by atoms with van der Waals surface area (Å²) in [4.78, 5) is 42.0. The number of carbonyl (C=O) groups is 2. The summed E-state index contributed by atoms with van der Waals surface area (Å²) >= 11 is 0. The molecule has 2 aromatic heterocycles. The van der Waals surface area contributed by atoms with Crippen LogP contribution in [0.15, 0.2) is 23.1 Å². The molecular formula is C18H24N4O5. The average molecular weight is 376 g/mol. The zero-order valence-electron chi connectivity index (χ0n) is 15.7. The van der Waals surface area contributed by atoms with E-state index in [4.69, 9.17) is 9.84 Å². The second-order valence-corrected chi connectivity index (χ2v) is 7.68. The highest BCUT2D eigenvalue weighted by molar-refractivity contribution is 5.75. The molecule has 2 aromatic rings. The molecule has 0 atom stereocenters. The van der Waals surface area contributed by atoms with Gasteiger partial charge in [-0.3, -0.25) is 13.9 Å². The van der Waals surface area contributed by atoms with Gasteiger partial charge in [0.1, 0.15) is 12.1 Å². The number of carboxylic acid groups (broad SMARTS) is 1. The van der Waals surface area contributed by atoms with E-state index in [1.165, 1.54) is 10.8 Å². The lowest BCUT2D eigenvalue weighted by Crippen LogP contribution is -2.43. The first kappa shape index (κ1) is 18.9. The molecule has 9 nitrogen and oxygen atoms in total. The number of amides is 1. The topological polar surface area (TPSA) is 107 Å². The van der Waals surface area contributed by atoms with Crippen LogP contribution in [-0.2, 0) is 16.1 Å². The number of aromatic nitrogens is 3. The molecule has 1 aliphatic heterocycles. The number of carboxylic acids is 1. The first-order chi connectivity index (χ1) is 12.7. The quantitative estimate of drug-likeness (QED) is 0.876. The van der Waals surface area contributed by atoms with E-state index >= 15 is 0 Å². The maximum atomic E-state index is 12.8. The molecule has 1 amide bonds. The number of nitrogens with zero attached hydrogens (tertiary/aromatic N) is 4. The Balaban J connectivity index is 1.84. The van der Waals surface area contributed by atoms with E-state index in [-0.39, 0.29) is 17.8 Å². The first-order valence-corrected chi connectivity index (χ1v) is 8.93. The van der Waals surface area contributed by atoms with Crippen LogP contribution in [0, 0.1) is 0 Å². The van der Waals surface area contributed by atoms with Crippen LogP contribution in [0.4, 0.5) is 4.79 Å². The van der Waals surface area contributed by atoms with Gasteiger partial charge in [-0.15, -0.1) is 0 Å². The van der Waals surface area contributed by atoms with E-state index in [9.17, 15) is 14.4 Å². The van der Waals surface area contributed by atoms with Crippen molar-refractivity contribution in [2.75, 3.05) is 13.1 Å². The molecule has 0 radical (unpaired) electrons. The van der Waals surface area contributed by atoms with Crippen LogP contribution in [0.5, 0.6) is 0 Å². The van der Waals surface area contributed by atoms with Gasteiger partial charge in [0.05, 0.1) is 5.52 Å². The molecular weight excluding hydrogens is 352 g/mol. The van der Waals surface area contributed by atoms with Crippen molar-refractivity contribution in [1.29, 1.82) is 0 Å². The van der Waals surface area contributed by atoms with E-state index in [1.54, 1.807) is 21.6 Å². The summed E-state index contributed by atoms with van der Waals surface area (Å²) in [6.45, 7) is 5.97. The van der Waals surface area contributed by atoms with Gasteiger partial charge in [-0.25, -0.2) is 14.6 Å². The molecule has 1 aliphatic rings. The Morgan fingerprint density at radius 1 is 1.30 bits per heavy atom. The summed E-state index contributed by atoms with van der Waals surface area (Å²) in [6.07, 6.45) is 2.35. The van der Waals surface area contributed by atoms with E-state index in [1.807, 2.05) is 20.8 Å². The lowest BCUT2D eigenvalue weighted by Gasteiger charge is -2.33. The third-order valence-electron chi connectivity index (χ3n) is 4.49. The van der Waals surface area contributed by atoms with Crippen molar-refractivity contribution < 1.29 is 19.4 Å². The lowest BCUT2D eigenvalue weighted by molar-refractivity contribution is -0.137. The van der Waals surface area contributed by atoms with Gasteiger partial charge in [0.25, 0.3) is 0 Å². The van der Waals surface area contributed by atoms with E-state index in [0.29, 0.717) is 37.1 Å². The Bertz CT molecular complexity index is 916. The fourth-order valence-electron chi connectivity index (χ4n) is 3.37. The summed E-state index contributed by atoms with van der Waals surface area (Å²) in [6, 6.07) is 3.36. The van der Waals surface area contributed by atoms with E-state index < -0.39 is 18.1 Å². The number of ether oxygens (including phenoxy) is 1. The van der Waals surface area contributed by atoms with Crippen LogP contribution < -0.4 is 5.69 Å². The molecule has 146 valence electrons. The Hall–Kier alpha value is -2.84. The molecule has 3 heterocycles. The Morgan fingerprint density at radius 3 is 2.56 bits per heavy atom. The molecule has 27 heavy (non-hydrogen) atoms. The van der Waals surface area contributed by atoms with Crippen LogP contribution in [0.2, 0.25) is 0 Å². The van der Waals surface area contributed by atoms with Crippen molar-refractivity contribution in [2.45, 2.75) is 51.8 Å². The number of aliphatic carboxylic acids is 1. The highest BCUT2D eigenvalue weighted by Gasteiger charge is 2.30. The first-order valence-electron chi connectivity index (χ1n) is 8.93. The van der Waals surface area contributed by atoms with Gasteiger partial charge in [-0.1, -0.05) is 0 Å². The predicted octanol–water partition coefficient (Wildman–Crippen LogP) is 1.85. The largest absolute Gasteiger partial charge is 0.480 e. The molecule has 0 aliphatic carbocycles. The minimum atomic E-state index is -1.10. The summed E-state index contributed by atoms with van der Waals surface area (Å²) < 4.78 is 8.19. The van der Waals surface area contributed by atoms with Gasteiger partial charge >= 0.3 is 17.8 Å². The van der Waals surface area contributed by atoms with Crippen molar-refractivity contribution in [3.05, 3.63) is 28.8 Å². The summed E-state index contributed by atoms with van der Waals surface area (Å²) in [5.74, 6) is -1.10. The molecule has 0 bridgehead atoms. The molecule has 0 unspecified atom stereocenters. The highest BCUT2D eigenvalue weighted by atomic mass is 16.6. The predicted molar refractivity (Wildman–Crippen MR) is 97.7 cm³/mol. The normalized spacial score (nSPS) is 15.9. The number of piperidine rings is 1. The third kappa shape index (κ3) is 3.96. The van der Waals surface area contributed by atoms with Gasteiger partial charge < -0.3 is 14.7 Å². The van der Waals surface area contributed by atoms with Crippen LogP contribution in [-0.4, -0.2) is 54.9 Å². The minimum Gasteiger partial charge on any atom is -0.480 e.